The van der Waals surface area contributed by atoms with Crippen LogP contribution >= 0.6 is 0 Å². The van der Waals surface area contributed by atoms with Gasteiger partial charge in [-0.05, 0) is 37.3 Å². The molecule has 2 aromatic rings. The van der Waals surface area contributed by atoms with E-state index in [1.165, 1.54) is 0 Å². The number of pyridine rings is 1. The van der Waals surface area contributed by atoms with Gasteiger partial charge in [0.15, 0.2) is 5.82 Å². The fraction of sp³-hybridized carbons (Fsp3) is 0.412. The van der Waals surface area contributed by atoms with E-state index in [1.807, 2.05) is 32.0 Å². The van der Waals surface area contributed by atoms with Crippen LogP contribution in [0.5, 0.6) is 0 Å². The summed E-state index contributed by atoms with van der Waals surface area (Å²) in [7, 11) is 0. The Kier molecular flexibility index (Phi) is 4.23. The Labute approximate surface area is 135 Å². The van der Waals surface area contributed by atoms with Gasteiger partial charge >= 0.3 is 5.97 Å². The molecule has 6 heteroatoms. The monoisotopic (exact) mass is 312 g/mol. The highest BCUT2D eigenvalue weighted by atomic mass is 16.4. The number of rotatable bonds is 5. The number of aromatic nitrogens is 3. The first-order valence-corrected chi connectivity index (χ1v) is 7.87. The van der Waals surface area contributed by atoms with Gasteiger partial charge < -0.3 is 10.4 Å². The van der Waals surface area contributed by atoms with Crippen molar-refractivity contribution in [2.45, 2.75) is 39.2 Å². The summed E-state index contributed by atoms with van der Waals surface area (Å²) in [6, 6.07) is 4.92. The molecule has 0 spiro atoms. The highest BCUT2D eigenvalue weighted by Gasteiger charge is 2.26. The Balaban J connectivity index is 2.02. The van der Waals surface area contributed by atoms with Crippen LogP contribution in [0, 0.1) is 5.92 Å². The number of fused-ring (bicyclic) bond motifs is 1. The number of hydrogen-bond acceptors (Lipinski definition) is 5. The van der Waals surface area contributed by atoms with Gasteiger partial charge in [0.25, 0.3) is 0 Å². The lowest BCUT2D eigenvalue weighted by Crippen LogP contribution is -2.35. The maximum atomic E-state index is 11.5. The molecule has 0 aliphatic heterocycles. The van der Waals surface area contributed by atoms with E-state index in [0.717, 1.165) is 30.5 Å². The number of carbonyl (C=O) groups is 1. The average Bonchev–Trinajstić information content (AvgIpc) is 3.01. The van der Waals surface area contributed by atoms with Gasteiger partial charge in [0, 0.05) is 17.5 Å². The van der Waals surface area contributed by atoms with Crippen LogP contribution < -0.4 is 5.32 Å². The van der Waals surface area contributed by atoms with Crippen molar-refractivity contribution in [1.82, 2.24) is 15.0 Å². The van der Waals surface area contributed by atoms with Crippen molar-refractivity contribution in [2.24, 2.45) is 5.92 Å². The number of aliphatic carboxylic acids is 1. The molecule has 0 fully saturated rings. The molecule has 0 aromatic carbocycles. The lowest BCUT2D eigenvalue weighted by molar-refractivity contribution is -0.138. The quantitative estimate of drug-likeness (QED) is 0.882. The van der Waals surface area contributed by atoms with E-state index in [1.54, 1.807) is 6.20 Å². The minimum atomic E-state index is -0.871. The molecule has 2 heterocycles. The predicted molar refractivity (Wildman–Crippen MR) is 87.2 cm³/mol. The first-order valence-electron chi connectivity index (χ1n) is 7.87. The highest BCUT2D eigenvalue weighted by Crippen LogP contribution is 2.29. The summed E-state index contributed by atoms with van der Waals surface area (Å²) >= 11 is 0. The molecule has 0 saturated heterocycles. The molecule has 23 heavy (non-hydrogen) atoms. The zero-order valence-electron chi connectivity index (χ0n) is 13.3. The summed E-state index contributed by atoms with van der Waals surface area (Å²) in [6.07, 6.45) is 4.49. The van der Waals surface area contributed by atoms with Gasteiger partial charge in [-0.15, -0.1) is 0 Å². The van der Waals surface area contributed by atoms with Crippen LogP contribution in [-0.4, -0.2) is 32.1 Å². The van der Waals surface area contributed by atoms with Crippen molar-refractivity contribution in [3.8, 4) is 11.5 Å². The SMILES string of the molecule is CC(C)[C@@H](Nc1nc(-c2ccccn2)nc2c1CCC2)C(=O)O. The van der Waals surface area contributed by atoms with Gasteiger partial charge in [-0.1, -0.05) is 19.9 Å². The molecule has 1 aliphatic carbocycles. The number of anilines is 1. The molecule has 1 aliphatic rings. The van der Waals surface area contributed by atoms with Crippen molar-refractivity contribution in [3.63, 3.8) is 0 Å². The lowest BCUT2D eigenvalue weighted by Gasteiger charge is -2.20. The van der Waals surface area contributed by atoms with Crippen molar-refractivity contribution >= 4 is 11.8 Å². The van der Waals surface area contributed by atoms with Crippen LogP contribution in [0.3, 0.4) is 0 Å². The number of nitrogens with one attached hydrogen (secondary N) is 1. The van der Waals surface area contributed by atoms with E-state index in [2.05, 4.69) is 20.3 Å². The molecule has 6 nitrogen and oxygen atoms in total. The Morgan fingerprint density at radius 3 is 2.74 bits per heavy atom. The molecule has 2 N–H and O–H groups in total. The molecule has 0 radical (unpaired) electrons. The smallest absolute Gasteiger partial charge is 0.326 e. The van der Waals surface area contributed by atoms with Gasteiger partial charge in [-0.25, -0.2) is 14.8 Å². The molecule has 120 valence electrons. The Bertz CT molecular complexity index is 716. The lowest BCUT2D eigenvalue weighted by atomic mass is 10.0. The fourth-order valence-electron chi connectivity index (χ4n) is 2.82. The van der Waals surface area contributed by atoms with Gasteiger partial charge in [0.1, 0.15) is 17.6 Å². The van der Waals surface area contributed by atoms with Crippen LogP contribution in [0.2, 0.25) is 0 Å². The fourth-order valence-corrected chi connectivity index (χ4v) is 2.82. The number of aryl methyl sites for hydroxylation is 1. The molecule has 0 unspecified atom stereocenters. The predicted octanol–water partition coefficient (Wildman–Crippen LogP) is 2.55. The third-order valence-electron chi connectivity index (χ3n) is 4.05. The molecule has 0 amide bonds. The summed E-state index contributed by atoms with van der Waals surface area (Å²) in [5, 5.41) is 12.5. The first-order chi connectivity index (χ1) is 11.1. The second-order valence-electron chi connectivity index (χ2n) is 6.09. The zero-order valence-corrected chi connectivity index (χ0v) is 13.3. The van der Waals surface area contributed by atoms with Crippen molar-refractivity contribution in [1.29, 1.82) is 0 Å². The highest BCUT2D eigenvalue weighted by molar-refractivity contribution is 5.78. The maximum absolute atomic E-state index is 11.5. The summed E-state index contributed by atoms with van der Waals surface area (Å²) < 4.78 is 0. The van der Waals surface area contributed by atoms with Gasteiger partial charge in [-0.2, -0.15) is 0 Å². The minimum absolute atomic E-state index is 0.0437. The van der Waals surface area contributed by atoms with Crippen LogP contribution in [0.1, 0.15) is 31.5 Å². The Morgan fingerprint density at radius 2 is 2.09 bits per heavy atom. The number of carboxylic acid groups (broad SMARTS) is 1. The van der Waals surface area contributed by atoms with Crippen LogP contribution in [-0.2, 0) is 17.6 Å². The van der Waals surface area contributed by atoms with Crippen molar-refractivity contribution < 1.29 is 9.90 Å². The van der Waals surface area contributed by atoms with Crippen molar-refractivity contribution in [3.05, 3.63) is 35.7 Å². The van der Waals surface area contributed by atoms with E-state index in [4.69, 9.17) is 0 Å². The zero-order chi connectivity index (χ0) is 16.4. The summed E-state index contributed by atoms with van der Waals surface area (Å²) in [5.74, 6) is 0.262. The second-order valence-corrected chi connectivity index (χ2v) is 6.09. The van der Waals surface area contributed by atoms with Gasteiger partial charge in [-0.3, -0.25) is 4.98 Å². The largest absolute Gasteiger partial charge is 0.480 e. The van der Waals surface area contributed by atoms with Crippen LogP contribution in [0.15, 0.2) is 24.4 Å². The topological polar surface area (TPSA) is 88.0 Å². The normalized spacial score (nSPS) is 14.6. The molecular weight excluding hydrogens is 292 g/mol. The number of carboxylic acids is 1. The molecule has 3 rings (SSSR count). The van der Waals surface area contributed by atoms with E-state index in [-0.39, 0.29) is 5.92 Å². The standard InChI is InChI=1S/C17H20N4O2/c1-10(2)14(17(22)23)20-15-11-6-5-8-12(11)19-16(21-15)13-7-3-4-9-18-13/h3-4,7,9-10,14H,5-6,8H2,1-2H3,(H,22,23)(H,19,20,21)/t14-/m1/s1. The average molecular weight is 312 g/mol. The molecule has 0 bridgehead atoms. The summed E-state index contributed by atoms with van der Waals surface area (Å²) in [4.78, 5) is 25.0. The Morgan fingerprint density at radius 1 is 1.26 bits per heavy atom. The number of hydrogen-bond donors (Lipinski definition) is 2. The van der Waals surface area contributed by atoms with E-state index >= 15 is 0 Å². The molecule has 0 saturated carbocycles. The number of nitrogens with zero attached hydrogens (tertiary/aromatic N) is 3. The second kappa shape index (κ2) is 6.32. The van der Waals surface area contributed by atoms with Crippen LogP contribution in [0.4, 0.5) is 5.82 Å². The van der Waals surface area contributed by atoms with Gasteiger partial charge in [0.2, 0.25) is 0 Å². The summed E-state index contributed by atoms with van der Waals surface area (Å²) in [5.41, 5.74) is 2.73. The van der Waals surface area contributed by atoms with Crippen molar-refractivity contribution in [2.75, 3.05) is 5.32 Å². The van der Waals surface area contributed by atoms with Crippen LogP contribution in [0.25, 0.3) is 11.5 Å². The van der Waals surface area contributed by atoms with E-state index in [0.29, 0.717) is 17.3 Å². The Hall–Kier alpha value is -2.50. The van der Waals surface area contributed by atoms with E-state index < -0.39 is 12.0 Å². The molecular formula is C17H20N4O2. The third-order valence-corrected chi connectivity index (χ3v) is 4.05. The maximum Gasteiger partial charge on any atom is 0.326 e. The first kappa shape index (κ1) is 15.4. The van der Waals surface area contributed by atoms with E-state index in [9.17, 15) is 9.90 Å². The summed E-state index contributed by atoms with van der Waals surface area (Å²) in [6.45, 7) is 3.76. The molecule has 2 aromatic heterocycles. The third kappa shape index (κ3) is 3.16. The minimum Gasteiger partial charge on any atom is -0.480 e. The molecule has 1 atom stereocenters. The van der Waals surface area contributed by atoms with Gasteiger partial charge in [0.05, 0.1) is 0 Å².